The molecular weight excluding hydrogens is 718 g/mol. The second kappa shape index (κ2) is 20.1. The quantitative estimate of drug-likeness (QED) is 0.103. The van der Waals surface area contributed by atoms with Gasteiger partial charge in [-0.25, -0.2) is 9.97 Å². The Hall–Kier alpha value is -6.30. The van der Waals surface area contributed by atoms with Gasteiger partial charge in [-0.05, 0) is 48.2 Å². The zero-order chi connectivity index (χ0) is 39.7. The predicted molar refractivity (Wildman–Crippen MR) is 187 cm³/mol. The van der Waals surface area contributed by atoms with Gasteiger partial charge < -0.3 is 9.97 Å². The maximum atomic E-state index is 10.4. The highest BCUT2D eigenvalue weighted by Crippen LogP contribution is 2.29. The summed E-state index contributed by atoms with van der Waals surface area (Å²) >= 11 is 0. The van der Waals surface area contributed by atoms with Crippen LogP contribution in [0, 0.1) is 22.7 Å². The molecule has 54 heavy (non-hydrogen) atoms. The van der Waals surface area contributed by atoms with Crippen molar-refractivity contribution in [2.45, 2.75) is 76.8 Å². The summed E-state index contributed by atoms with van der Waals surface area (Å²) in [6.07, 6.45) is 8.74. The van der Waals surface area contributed by atoms with Crippen LogP contribution in [0.5, 0.6) is 0 Å². The average molecular weight is 755 g/mol. The normalized spacial score (nSPS) is 12.1. The van der Waals surface area contributed by atoms with Crippen molar-refractivity contribution in [3.05, 3.63) is 73.8 Å². The smallest absolute Gasteiger partial charge is 0.346 e. The molecule has 0 unspecified atom stereocenters. The van der Waals surface area contributed by atoms with Crippen LogP contribution >= 0.6 is 0 Å². The van der Waals surface area contributed by atoms with Gasteiger partial charge in [-0.2, -0.15) is 47.1 Å². The molecule has 0 aliphatic heterocycles. The first-order valence-corrected chi connectivity index (χ1v) is 16.5. The molecule has 0 aliphatic carbocycles. The molecular formula is C36H36F6N10O2. The second-order valence-electron chi connectivity index (χ2n) is 11.5. The lowest BCUT2D eigenvalue weighted by atomic mass is 10.1. The number of carbonyl (C=O) groups excluding carboxylic acids is 2. The van der Waals surface area contributed by atoms with Gasteiger partial charge in [0.05, 0.1) is 49.5 Å². The Bertz CT molecular complexity index is 2000. The summed E-state index contributed by atoms with van der Waals surface area (Å²) in [6.45, 7) is 4.25. The highest BCUT2D eigenvalue weighted by molar-refractivity contribution is 5.93. The van der Waals surface area contributed by atoms with E-state index >= 15 is 0 Å². The molecule has 0 aromatic carbocycles. The molecule has 0 bridgehead atoms. The van der Waals surface area contributed by atoms with Crippen LogP contribution in [0.15, 0.2) is 73.8 Å². The predicted octanol–water partition coefficient (Wildman–Crippen LogP) is 8.86. The Morgan fingerprint density at radius 3 is 1.39 bits per heavy atom. The molecule has 0 aliphatic rings. The van der Waals surface area contributed by atoms with Gasteiger partial charge in [0.15, 0.2) is 0 Å². The summed E-state index contributed by atoms with van der Waals surface area (Å²) in [5, 5.41) is 29.0. The monoisotopic (exact) mass is 754 g/mol. The van der Waals surface area contributed by atoms with Gasteiger partial charge in [-0.15, -0.1) is 0 Å². The van der Waals surface area contributed by atoms with Crippen molar-refractivity contribution >= 4 is 34.6 Å². The zero-order valence-electron chi connectivity index (χ0n) is 29.1. The number of nitrogens with one attached hydrogen (secondary N) is 2. The van der Waals surface area contributed by atoms with E-state index in [4.69, 9.17) is 20.1 Å². The number of halogens is 6. The Kier molecular flexibility index (Phi) is 15.7. The molecule has 284 valence electrons. The fourth-order valence-corrected chi connectivity index (χ4v) is 5.31. The fraction of sp³-hybridized carbons (Fsp3) is 0.333. The standard InChI is InChI=1S/2C16H17N5.2C2HF3O/c2*1-2-3-13(4-7-17)21-11-12(10-20-21)14-5-8-18-16-15(14)6-9-19-16;2*3-2(4,5)1-6/h2*5-6,8-11,13H,2-4H2,1H3,(H,18,19);2*1H/t2*13-;;/m10../s1. The van der Waals surface area contributed by atoms with E-state index in [1.54, 1.807) is 12.4 Å². The molecule has 6 aromatic rings. The van der Waals surface area contributed by atoms with Gasteiger partial charge in [-0.1, -0.05) is 26.7 Å². The number of aromatic nitrogens is 8. The van der Waals surface area contributed by atoms with E-state index in [1.165, 1.54) is 0 Å². The van der Waals surface area contributed by atoms with Gasteiger partial charge in [-0.3, -0.25) is 19.0 Å². The third-order valence-corrected chi connectivity index (χ3v) is 7.66. The third kappa shape index (κ3) is 12.4. The topological polar surface area (TPSA) is 175 Å². The SMILES string of the molecule is CCC[C@@H](CC#N)n1cc(-c2ccnc3[nH]ccc23)cn1.CCC[C@H](CC#N)n1cc(-c2ccnc3[nH]ccc23)cn1.O=CC(F)(F)F.O=CC(F)(F)F. The summed E-state index contributed by atoms with van der Waals surface area (Å²) in [6, 6.07) is 12.8. The van der Waals surface area contributed by atoms with E-state index in [0.717, 1.165) is 70.0 Å². The number of aldehydes is 2. The number of pyridine rings is 2. The van der Waals surface area contributed by atoms with Gasteiger partial charge in [0.1, 0.15) is 11.3 Å². The van der Waals surface area contributed by atoms with Crippen LogP contribution < -0.4 is 0 Å². The number of fused-ring (bicyclic) bond motifs is 2. The summed E-state index contributed by atoms with van der Waals surface area (Å²) in [5.74, 6) is 0. The van der Waals surface area contributed by atoms with Gasteiger partial charge in [0, 0.05) is 59.1 Å². The molecule has 12 nitrogen and oxygen atoms in total. The number of H-pyrrole nitrogens is 2. The molecule has 18 heteroatoms. The summed E-state index contributed by atoms with van der Waals surface area (Å²) in [7, 11) is 0. The number of alkyl halides is 6. The zero-order valence-corrected chi connectivity index (χ0v) is 29.1. The molecule has 6 aromatic heterocycles. The van der Waals surface area contributed by atoms with Crippen molar-refractivity contribution < 1.29 is 35.9 Å². The second-order valence-corrected chi connectivity index (χ2v) is 11.5. The molecule has 0 amide bonds. The highest BCUT2D eigenvalue weighted by atomic mass is 19.4. The van der Waals surface area contributed by atoms with Crippen LogP contribution in [0.25, 0.3) is 44.3 Å². The largest absolute Gasteiger partial charge is 0.446 e. The minimum atomic E-state index is -4.64. The summed E-state index contributed by atoms with van der Waals surface area (Å²) in [5.41, 5.74) is 6.09. The molecule has 6 rings (SSSR count). The van der Waals surface area contributed by atoms with E-state index in [0.29, 0.717) is 12.8 Å². The van der Waals surface area contributed by atoms with E-state index < -0.39 is 24.9 Å². The molecule has 0 radical (unpaired) electrons. The van der Waals surface area contributed by atoms with Crippen LogP contribution in [0.1, 0.15) is 64.5 Å². The van der Waals surface area contributed by atoms with E-state index in [1.807, 2.05) is 70.8 Å². The van der Waals surface area contributed by atoms with Crippen molar-refractivity contribution in [1.82, 2.24) is 39.5 Å². The minimum Gasteiger partial charge on any atom is -0.346 e. The first kappa shape index (κ1) is 42.1. The number of hydrogen-bond donors (Lipinski definition) is 2. The molecule has 0 fully saturated rings. The van der Waals surface area contributed by atoms with Crippen molar-refractivity contribution in [3.63, 3.8) is 0 Å². The lowest BCUT2D eigenvalue weighted by molar-refractivity contribution is -0.156. The molecule has 2 atom stereocenters. The van der Waals surface area contributed by atoms with Gasteiger partial charge in [0.2, 0.25) is 12.6 Å². The Morgan fingerprint density at radius 2 is 1.07 bits per heavy atom. The van der Waals surface area contributed by atoms with Crippen molar-refractivity contribution in [2.75, 3.05) is 0 Å². The molecule has 0 saturated heterocycles. The molecule has 0 saturated carbocycles. The van der Waals surface area contributed by atoms with Crippen molar-refractivity contribution in [2.24, 2.45) is 0 Å². The summed E-state index contributed by atoms with van der Waals surface area (Å²) in [4.78, 5) is 32.2. The van der Waals surface area contributed by atoms with Crippen LogP contribution in [0.2, 0.25) is 0 Å². The third-order valence-electron chi connectivity index (χ3n) is 7.66. The molecule has 2 N–H and O–H groups in total. The molecule has 0 spiro atoms. The maximum Gasteiger partial charge on any atom is 0.446 e. The highest BCUT2D eigenvalue weighted by Gasteiger charge is 2.25. The van der Waals surface area contributed by atoms with Crippen LogP contribution in [0.4, 0.5) is 26.3 Å². The summed E-state index contributed by atoms with van der Waals surface area (Å²) < 4.78 is 66.3. The number of nitriles is 2. The van der Waals surface area contributed by atoms with Crippen molar-refractivity contribution in [1.29, 1.82) is 10.5 Å². The Labute approximate surface area is 305 Å². The lowest BCUT2D eigenvalue weighted by Crippen LogP contribution is -2.08. The van der Waals surface area contributed by atoms with E-state index in [9.17, 15) is 26.3 Å². The average Bonchev–Trinajstić information content (AvgIpc) is 3.98. The number of carbonyl (C=O) groups is 2. The number of nitrogens with zero attached hydrogens (tertiary/aromatic N) is 8. The van der Waals surface area contributed by atoms with Gasteiger partial charge >= 0.3 is 12.4 Å². The Morgan fingerprint density at radius 1 is 0.704 bits per heavy atom. The number of rotatable bonds is 10. The first-order valence-electron chi connectivity index (χ1n) is 16.5. The van der Waals surface area contributed by atoms with E-state index in [-0.39, 0.29) is 12.1 Å². The van der Waals surface area contributed by atoms with Crippen LogP contribution in [0.3, 0.4) is 0 Å². The Balaban J connectivity index is 0.000000224. The van der Waals surface area contributed by atoms with Crippen LogP contribution in [-0.4, -0.2) is 64.4 Å². The van der Waals surface area contributed by atoms with Gasteiger partial charge in [0.25, 0.3) is 0 Å². The number of hydrogen-bond acceptors (Lipinski definition) is 8. The maximum absolute atomic E-state index is 10.4. The van der Waals surface area contributed by atoms with E-state index in [2.05, 4.69) is 56.1 Å². The lowest BCUT2D eigenvalue weighted by Gasteiger charge is -2.12. The molecule has 6 heterocycles. The van der Waals surface area contributed by atoms with Crippen molar-refractivity contribution in [3.8, 4) is 34.4 Å². The number of aromatic amines is 2. The van der Waals surface area contributed by atoms with Crippen LogP contribution in [-0.2, 0) is 9.59 Å². The minimum absolute atomic E-state index is 0.150. The first-order chi connectivity index (χ1) is 25.8. The fourth-order valence-electron chi connectivity index (χ4n) is 5.31.